The van der Waals surface area contributed by atoms with Crippen LogP contribution >= 0.6 is 0 Å². The van der Waals surface area contributed by atoms with Gasteiger partial charge in [-0.15, -0.1) is 0 Å². The molecule has 0 bridgehead atoms. The van der Waals surface area contributed by atoms with E-state index >= 15 is 0 Å². The molecule has 0 aromatic heterocycles. The third-order valence-corrected chi connectivity index (χ3v) is 5.11. The van der Waals surface area contributed by atoms with Crippen LogP contribution in [0, 0.1) is 11.8 Å². The first kappa shape index (κ1) is 16.2. The number of β-amino-alcohol motifs (C(OH)–C–C–N with tert-alkyl or cyclic N) is 1. The number of rotatable bonds is 5. The van der Waals surface area contributed by atoms with Crippen molar-refractivity contribution < 1.29 is 28.9 Å². The summed E-state index contributed by atoms with van der Waals surface area (Å²) < 4.78 is 16.1. The summed E-state index contributed by atoms with van der Waals surface area (Å²) in [6.45, 7) is 0.157. The summed E-state index contributed by atoms with van der Waals surface area (Å²) in [7, 11) is 0. The van der Waals surface area contributed by atoms with Crippen LogP contribution in [-0.4, -0.2) is 47.9 Å². The topological polar surface area (TPSA) is 85.3 Å². The van der Waals surface area contributed by atoms with Crippen LogP contribution in [0.25, 0.3) is 0 Å². The first-order chi connectivity index (χ1) is 12.1. The van der Waals surface area contributed by atoms with E-state index in [0.717, 1.165) is 25.7 Å². The van der Waals surface area contributed by atoms with E-state index in [1.54, 1.807) is 18.2 Å². The summed E-state index contributed by atoms with van der Waals surface area (Å²) in [5.74, 6) is 1.13. The number of likely N-dealkylation sites (tertiary alicyclic amines) is 1. The number of aliphatic hydroxyl groups is 1. The highest BCUT2D eigenvalue weighted by Crippen LogP contribution is 2.38. The summed E-state index contributed by atoms with van der Waals surface area (Å²) in [5.41, 5.74) is 0. The molecule has 0 radical (unpaired) electrons. The van der Waals surface area contributed by atoms with Crippen LogP contribution in [0.2, 0.25) is 0 Å². The zero-order valence-corrected chi connectivity index (χ0v) is 13.8. The number of hydrogen-bond donors (Lipinski definition) is 1. The molecular formula is C18H21NO6. The molecule has 1 saturated heterocycles. The van der Waals surface area contributed by atoms with Gasteiger partial charge in [0, 0.05) is 6.07 Å². The zero-order chi connectivity index (χ0) is 17.4. The van der Waals surface area contributed by atoms with Gasteiger partial charge in [-0.25, -0.2) is 0 Å². The summed E-state index contributed by atoms with van der Waals surface area (Å²) in [4.78, 5) is 26.0. The number of ether oxygens (including phenoxy) is 3. The van der Waals surface area contributed by atoms with Crippen molar-refractivity contribution in [1.82, 2.24) is 4.90 Å². The number of nitrogens with zero attached hydrogens (tertiary/aromatic N) is 1. The monoisotopic (exact) mass is 347 g/mol. The lowest BCUT2D eigenvalue weighted by molar-refractivity contribution is -0.141. The number of hydrogen-bond acceptors (Lipinski definition) is 6. The fourth-order valence-corrected chi connectivity index (χ4v) is 3.83. The largest absolute Gasteiger partial charge is 0.491 e. The Hall–Kier alpha value is -2.28. The molecule has 2 aliphatic heterocycles. The van der Waals surface area contributed by atoms with Crippen LogP contribution in [0.1, 0.15) is 25.7 Å². The Labute approximate surface area is 145 Å². The average Bonchev–Trinajstić information content (AvgIpc) is 3.19. The zero-order valence-electron chi connectivity index (χ0n) is 13.8. The Morgan fingerprint density at radius 1 is 1.12 bits per heavy atom. The van der Waals surface area contributed by atoms with Crippen LogP contribution in [0.3, 0.4) is 0 Å². The van der Waals surface area contributed by atoms with Crippen molar-refractivity contribution in [1.29, 1.82) is 0 Å². The molecule has 134 valence electrons. The normalized spacial score (nSPS) is 25.9. The van der Waals surface area contributed by atoms with Crippen molar-refractivity contribution in [2.75, 3.05) is 19.9 Å². The van der Waals surface area contributed by atoms with Crippen molar-refractivity contribution in [3.8, 4) is 17.2 Å². The number of fused-ring (bicyclic) bond motifs is 2. The van der Waals surface area contributed by atoms with E-state index in [4.69, 9.17) is 14.2 Å². The van der Waals surface area contributed by atoms with Gasteiger partial charge in [0.05, 0.1) is 18.4 Å². The number of carbonyl (C=O) groups excluding carboxylic acids is 2. The highest BCUT2D eigenvalue weighted by Gasteiger charge is 2.48. The average molecular weight is 347 g/mol. The predicted octanol–water partition coefficient (Wildman–Crippen LogP) is 1.33. The Kier molecular flexibility index (Phi) is 4.25. The second-order valence-electron chi connectivity index (χ2n) is 6.76. The molecule has 2 heterocycles. The molecule has 1 aliphatic carbocycles. The van der Waals surface area contributed by atoms with Crippen molar-refractivity contribution in [3.63, 3.8) is 0 Å². The SMILES string of the molecule is O=C1[C@H]2CCCC[C@H]2C(=O)N1C[C@@H](O)COc1ccc2c(c1)OCO2. The fourth-order valence-electron chi connectivity index (χ4n) is 3.83. The van der Waals surface area contributed by atoms with E-state index in [0.29, 0.717) is 17.2 Å². The van der Waals surface area contributed by atoms with Gasteiger partial charge in [-0.3, -0.25) is 14.5 Å². The second kappa shape index (κ2) is 6.55. The summed E-state index contributed by atoms with van der Waals surface area (Å²) in [6.07, 6.45) is 2.59. The fraction of sp³-hybridized carbons (Fsp3) is 0.556. The maximum absolute atomic E-state index is 12.4. The van der Waals surface area contributed by atoms with E-state index in [-0.39, 0.29) is 43.6 Å². The minimum absolute atomic E-state index is 0.00790. The van der Waals surface area contributed by atoms with E-state index in [1.165, 1.54) is 4.90 Å². The molecule has 25 heavy (non-hydrogen) atoms. The molecule has 1 aromatic rings. The lowest BCUT2D eigenvalue weighted by Crippen LogP contribution is -2.40. The molecule has 2 amide bonds. The molecular weight excluding hydrogens is 326 g/mol. The molecule has 7 heteroatoms. The maximum Gasteiger partial charge on any atom is 0.233 e. The van der Waals surface area contributed by atoms with Gasteiger partial charge in [0.25, 0.3) is 0 Å². The molecule has 0 unspecified atom stereocenters. The summed E-state index contributed by atoms with van der Waals surface area (Å²) in [5, 5.41) is 10.2. The summed E-state index contributed by atoms with van der Waals surface area (Å²) >= 11 is 0. The van der Waals surface area contributed by atoms with Gasteiger partial charge < -0.3 is 19.3 Å². The molecule has 4 rings (SSSR count). The summed E-state index contributed by atoms with van der Waals surface area (Å²) in [6, 6.07) is 5.15. The Balaban J connectivity index is 1.33. The van der Waals surface area contributed by atoms with Crippen molar-refractivity contribution in [3.05, 3.63) is 18.2 Å². The number of aliphatic hydroxyl groups excluding tert-OH is 1. The van der Waals surface area contributed by atoms with Gasteiger partial charge in [0.2, 0.25) is 18.6 Å². The Morgan fingerprint density at radius 3 is 2.52 bits per heavy atom. The quantitative estimate of drug-likeness (QED) is 0.809. The molecule has 1 saturated carbocycles. The van der Waals surface area contributed by atoms with Crippen molar-refractivity contribution >= 4 is 11.8 Å². The van der Waals surface area contributed by atoms with Gasteiger partial charge >= 0.3 is 0 Å². The molecule has 7 nitrogen and oxygen atoms in total. The van der Waals surface area contributed by atoms with Gasteiger partial charge in [-0.2, -0.15) is 0 Å². The van der Waals surface area contributed by atoms with E-state index in [2.05, 4.69) is 0 Å². The van der Waals surface area contributed by atoms with Crippen LogP contribution < -0.4 is 14.2 Å². The van der Waals surface area contributed by atoms with Crippen LogP contribution in [0.4, 0.5) is 0 Å². The minimum atomic E-state index is -0.932. The number of imide groups is 1. The molecule has 0 spiro atoms. The Morgan fingerprint density at radius 2 is 1.80 bits per heavy atom. The smallest absolute Gasteiger partial charge is 0.233 e. The van der Waals surface area contributed by atoms with E-state index in [9.17, 15) is 14.7 Å². The van der Waals surface area contributed by atoms with Crippen LogP contribution in [-0.2, 0) is 9.59 Å². The number of amides is 2. The van der Waals surface area contributed by atoms with Gasteiger partial charge in [-0.05, 0) is 25.0 Å². The maximum atomic E-state index is 12.4. The Bertz CT molecular complexity index is 666. The first-order valence-corrected chi connectivity index (χ1v) is 8.69. The third kappa shape index (κ3) is 3.04. The van der Waals surface area contributed by atoms with Gasteiger partial charge in [0.15, 0.2) is 11.5 Å². The first-order valence-electron chi connectivity index (χ1n) is 8.69. The third-order valence-electron chi connectivity index (χ3n) is 5.11. The number of benzene rings is 1. The second-order valence-corrected chi connectivity index (χ2v) is 6.76. The molecule has 2 fully saturated rings. The van der Waals surface area contributed by atoms with Crippen LogP contribution in [0.5, 0.6) is 17.2 Å². The van der Waals surface area contributed by atoms with E-state index in [1.807, 2.05) is 0 Å². The standard InChI is InChI=1S/C18H21NO6/c20-11(9-23-12-5-6-15-16(7-12)25-10-24-15)8-19-17(21)13-3-1-2-4-14(13)18(19)22/h5-7,11,13-14,20H,1-4,8-10H2/t11-,13-,14+/m1/s1. The van der Waals surface area contributed by atoms with E-state index < -0.39 is 6.10 Å². The van der Waals surface area contributed by atoms with Crippen molar-refractivity contribution in [2.24, 2.45) is 11.8 Å². The predicted molar refractivity (Wildman–Crippen MR) is 86.2 cm³/mol. The van der Waals surface area contributed by atoms with Gasteiger partial charge in [-0.1, -0.05) is 12.8 Å². The van der Waals surface area contributed by atoms with Crippen LogP contribution in [0.15, 0.2) is 18.2 Å². The minimum Gasteiger partial charge on any atom is -0.491 e. The highest BCUT2D eigenvalue weighted by molar-refractivity contribution is 6.05. The lowest BCUT2D eigenvalue weighted by atomic mass is 9.81. The number of carbonyl (C=O) groups is 2. The lowest BCUT2D eigenvalue weighted by Gasteiger charge is -2.19. The van der Waals surface area contributed by atoms with Gasteiger partial charge in [0.1, 0.15) is 18.5 Å². The molecule has 3 atom stereocenters. The molecule has 3 aliphatic rings. The molecule has 1 N–H and O–H groups in total. The highest BCUT2D eigenvalue weighted by atomic mass is 16.7. The molecule has 1 aromatic carbocycles. The van der Waals surface area contributed by atoms with Crippen molar-refractivity contribution in [2.45, 2.75) is 31.8 Å².